The standard InChI is InChI=1S/C22H34FN3O3/c1-3-22(4-2,16-28-14-11-23)25-20(27)18-9-10-19(26-12-5-6-13-26)21(24-18)29-15-17-7-8-17/h9-10,17H,3-8,11-16H2,1-2H3,(H,25,27)/i11D2. The molecule has 2 heterocycles. The van der Waals surface area contributed by atoms with E-state index in [1.807, 2.05) is 19.9 Å². The fourth-order valence-electron chi connectivity index (χ4n) is 3.60. The molecule has 2 aliphatic rings. The van der Waals surface area contributed by atoms with Gasteiger partial charge in [-0.05, 0) is 56.6 Å². The van der Waals surface area contributed by atoms with Crippen molar-refractivity contribution in [3.63, 3.8) is 0 Å². The minimum Gasteiger partial charge on any atom is -0.476 e. The van der Waals surface area contributed by atoms with E-state index in [0.717, 1.165) is 31.6 Å². The number of anilines is 1. The van der Waals surface area contributed by atoms with Gasteiger partial charge in [0.1, 0.15) is 12.3 Å². The van der Waals surface area contributed by atoms with Gasteiger partial charge in [0, 0.05) is 13.1 Å². The molecule has 1 aromatic heterocycles. The lowest BCUT2D eigenvalue weighted by atomic mass is 9.93. The number of nitrogens with one attached hydrogen (secondary N) is 1. The lowest BCUT2D eigenvalue weighted by Crippen LogP contribution is -2.51. The minimum absolute atomic E-state index is 0.0199. The molecule has 1 aromatic rings. The van der Waals surface area contributed by atoms with Crippen molar-refractivity contribution in [3.05, 3.63) is 17.8 Å². The van der Waals surface area contributed by atoms with E-state index >= 15 is 0 Å². The Bertz CT molecular complexity index is 746. The SMILES string of the molecule is [2H]C([2H])(F)COCC(CC)(CC)NC(=O)c1ccc(N2CCCC2)c(OCC2CC2)n1. The summed E-state index contributed by atoms with van der Waals surface area (Å²) in [6.07, 6.45) is 5.73. The fourth-order valence-corrected chi connectivity index (χ4v) is 3.60. The molecule has 0 unspecified atom stereocenters. The quantitative estimate of drug-likeness (QED) is 0.570. The van der Waals surface area contributed by atoms with Crippen molar-refractivity contribution in [2.75, 3.05) is 44.4 Å². The lowest BCUT2D eigenvalue weighted by molar-refractivity contribution is 0.0492. The topological polar surface area (TPSA) is 63.7 Å². The smallest absolute Gasteiger partial charge is 0.270 e. The van der Waals surface area contributed by atoms with E-state index in [2.05, 4.69) is 15.2 Å². The first-order valence-electron chi connectivity index (χ1n) is 11.7. The summed E-state index contributed by atoms with van der Waals surface area (Å²) in [5.74, 6) is 0.731. The molecule has 162 valence electrons. The summed E-state index contributed by atoms with van der Waals surface area (Å²) in [6.45, 7) is 2.79. The number of ether oxygens (including phenoxy) is 2. The van der Waals surface area contributed by atoms with Crippen LogP contribution in [0.3, 0.4) is 0 Å². The molecule has 29 heavy (non-hydrogen) atoms. The van der Waals surface area contributed by atoms with Crippen molar-refractivity contribution in [3.8, 4) is 5.88 Å². The number of carbonyl (C=O) groups excluding carboxylic acids is 1. The molecule has 6 nitrogen and oxygen atoms in total. The van der Waals surface area contributed by atoms with Gasteiger partial charge in [-0.2, -0.15) is 0 Å². The number of hydrogen-bond acceptors (Lipinski definition) is 5. The van der Waals surface area contributed by atoms with E-state index in [9.17, 15) is 9.18 Å². The van der Waals surface area contributed by atoms with Gasteiger partial charge in [-0.25, -0.2) is 9.37 Å². The largest absolute Gasteiger partial charge is 0.476 e. The van der Waals surface area contributed by atoms with Crippen molar-refractivity contribution in [2.24, 2.45) is 5.92 Å². The Kier molecular flexibility index (Phi) is 6.74. The molecule has 0 bridgehead atoms. The summed E-state index contributed by atoms with van der Waals surface area (Å²) in [5, 5.41) is 2.99. The van der Waals surface area contributed by atoms with Crippen LogP contribution in [0.2, 0.25) is 0 Å². The van der Waals surface area contributed by atoms with Gasteiger partial charge in [0.2, 0.25) is 5.88 Å². The van der Waals surface area contributed by atoms with E-state index in [1.165, 1.54) is 12.8 Å². The molecule has 2 fully saturated rings. The molecule has 7 heteroatoms. The predicted molar refractivity (Wildman–Crippen MR) is 111 cm³/mol. The van der Waals surface area contributed by atoms with Crippen molar-refractivity contribution >= 4 is 11.6 Å². The van der Waals surface area contributed by atoms with Crippen molar-refractivity contribution in [1.82, 2.24) is 10.3 Å². The second-order valence-electron chi connectivity index (χ2n) is 8.04. The molecule has 0 aromatic carbocycles. The maximum atomic E-state index is 13.1. The number of carbonyl (C=O) groups is 1. The van der Waals surface area contributed by atoms with Crippen LogP contribution in [-0.2, 0) is 4.74 Å². The molecule has 0 radical (unpaired) electrons. The Morgan fingerprint density at radius 2 is 2.07 bits per heavy atom. The van der Waals surface area contributed by atoms with Gasteiger partial charge in [0.25, 0.3) is 5.91 Å². The summed E-state index contributed by atoms with van der Waals surface area (Å²) in [7, 11) is 0. The Hall–Kier alpha value is -1.89. The number of rotatable bonds is 12. The van der Waals surface area contributed by atoms with Crippen LogP contribution in [0, 0.1) is 5.92 Å². The lowest BCUT2D eigenvalue weighted by Gasteiger charge is -2.32. The van der Waals surface area contributed by atoms with Crippen molar-refractivity contribution in [2.45, 2.75) is 57.9 Å². The van der Waals surface area contributed by atoms with Crippen molar-refractivity contribution in [1.29, 1.82) is 0 Å². The Morgan fingerprint density at radius 1 is 1.34 bits per heavy atom. The normalized spacial score (nSPS) is 18.4. The molecule has 0 spiro atoms. The van der Waals surface area contributed by atoms with Crippen LogP contribution in [0.15, 0.2) is 12.1 Å². The van der Waals surface area contributed by atoms with E-state index in [0.29, 0.717) is 31.2 Å². The second kappa shape index (κ2) is 10.2. The maximum absolute atomic E-state index is 13.1. The number of alkyl halides is 1. The Balaban J connectivity index is 1.72. The third-order valence-corrected chi connectivity index (χ3v) is 5.94. The zero-order valence-corrected chi connectivity index (χ0v) is 17.5. The molecule has 1 saturated carbocycles. The van der Waals surface area contributed by atoms with Gasteiger partial charge in [0.15, 0.2) is 0 Å². The van der Waals surface area contributed by atoms with E-state index in [-0.39, 0.29) is 18.2 Å². The van der Waals surface area contributed by atoms with Crippen LogP contribution in [0.1, 0.15) is 65.6 Å². The second-order valence-corrected chi connectivity index (χ2v) is 8.04. The highest BCUT2D eigenvalue weighted by Crippen LogP contribution is 2.33. The number of hydrogen-bond donors (Lipinski definition) is 1. The van der Waals surface area contributed by atoms with Crippen LogP contribution in [-0.4, -0.2) is 56.0 Å². The average Bonchev–Trinajstić information content (AvgIpc) is 3.41. The van der Waals surface area contributed by atoms with Crippen LogP contribution >= 0.6 is 0 Å². The number of aromatic nitrogens is 1. The molecule has 0 atom stereocenters. The summed E-state index contributed by atoms with van der Waals surface area (Å²) in [4.78, 5) is 19.8. The molecule has 1 N–H and O–H groups in total. The minimum atomic E-state index is -2.90. The fraction of sp³-hybridized carbons (Fsp3) is 0.727. The van der Waals surface area contributed by atoms with Gasteiger partial charge >= 0.3 is 0 Å². The highest BCUT2D eigenvalue weighted by atomic mass is 19.1. The number of nitrogens with zero attached hydrogens (tertiary/aromatic N) is 2. The van der Waals surface area contributed by atoms with Crippen LogP contribution < -0.4 is 15.0 Å². The maximum Gasteiger partial charge on any atom is 0.270 e. The molecular formula is C22H34FN3O3. The molecule has 1 aliphatic carbocycles. The van der Waals surface area contributed by atoms with E-state index < -0.39 is 18.8 Å². The zero-order valence-electron chi connectivity index (χ0n) is 19.5. The van der Waals surface area contributed by atoms with Gasteiger partial charge < -0.3 is 19.7 Å². The zero-order chi connectivity index (χ0) is 22.5. The molecule has 1 saturated heterocycles. The molecule has 3 rings (SSSR count). The van der Waals surface area contributed by atoms with E-state index in [4.69, 9.17) is 12.2 Å². The molecule has 1 aliphatic heterocycles. The highest BCUT2D eigenvalue weighted by Gasteiger charge is 2.30. The van der Waals surface area contributed by atoms with Crippen molar-refractivity contribution < 1.29 is 21.4 Å². The third-order valence-electron chi connectivity index (χ3n) is 5.94. The Labute approximate surface area is 176 Å². The first-order chi connectivity index (χ1) is 14.8. The molecular weight excluding hydrogens is 373 g/mol. The monoisotopic (exact) mass is 409 g/mol. The first kappa shape index (κ1) is 19.1. The van der Waals surface area contributed by atoms with Gasteiger partial charge in [0.05, 0.1) is 33.8 Å². The summed E-state index contributed by atoms with van der Waals surface area (Å²) in [6, 6.07) is 3.62. The van der Waals surface area contributed by atoms with Crippen LogP contribution in [0.5, 0.6) is 5.88 Å². The first-order valence-corrected chi connectivity index (χ1v) is 10.7. The summed E-state index contributed by atoms with van der Waals surface area (Å²) < 4.78 is 38.3. The number of pyridine rings is 1. The Morgan fingerprint density at radius 3 is 2.69 bits per heavy atom. The van der Waals surface area contributed by atoms with Gasteiger partial charge in [-0.15, -0.1) is 0 Å². The van der Waals surface area contributed by atoms with Gasteiger partial charge in [-0.1, -0.05) is 13.8 Å². The summed E-state index contributed by atoms with van der Waals surface area (Å²) in [5.41, 5.74) is 0.466. The number of halogens is 1. The van der Waals surface area contributed by atoms with Crippen LogP contribution in [0.25, 0.3) is 0 Å². The average molecular weight is 410 g/mol. The predicted octanol–water partition coefficient (Wildman–Crippen LogP) is 3.75. The van der Waals surface area contributed by atoms with Crippen LogP contribution in [0.4, 0.5) is 10.1 Å². The van der Waals surface area contributed by atoms with E-state index in [1.54, 1.807) is 6.07 Å². The highest BCUT2D eigenvalue weighted by molar-refractivity contribution is 5.93. The molecule has 1 amide bonds. The van der Waals surface area contributed by atoms with Gasteiger partial charge in [-0.3, -0.25) is 4.79 Å². The number of amides is 1. The third kappa shape index (κ3) is 5.81. The summed E-state index contributed by atoms with van der Waals surface area (Å²) >= 11 is 0.